The summed E-state index contributed by atoms with van der Waals surface area (Å²) in [5, 5.41) is 17.4. The number of fused-ring (bicyclic) bond motifs is 1. The second kappa shape index (κ2) is 15.5. The summed E-state index contributed by atoms with van der Waals surface area (Å²) in [6.45, 7) is 10.6. The van der Waals surface area contributed by atoms with Crippen LogP contribution in [0, 0.1) is 0 Å². The van der Waals surface area contributed by atoms with E-state index in [2.05, 4.69) is 32.6 Å². The standard InChI is InChI=1S/C37H43ClN4O4/c1-5-8-19-40(20-9-6-2)37(44)32-24-35(46-7-3)42(39-32)33-16-14-27(30-23-29(38)15-17-34(30)45-4)22-31(33)36(43)41-21-18-26-12-10-11-13-28(26)25-41/h7,10-17,22-24,36,43H,3,5-6,8-9,18-21,25H2,1-2,4H3. The van der Waals surface area contributed by atoms with E-state index < -0.39 is 6.23 Å². The summed E-state index contributed by atoms with van der Waals surface area (Å²) < 4.78 is 13.1. The van der Waals surface area contributed by atoms with Crippen LogP contribution in [0.25, 0.3) is 16.8 Å². The minimum Gasteiger partial charge on any atom is -0.496 e. The predicted molar refractivity (Wildman–Crippen MR) is 183 cm³/mol. The number of nitrogens with zero attached hydrogens (tertiary/aromatic N) is 4. The number of halogens is 1. The number of hydrogen-bond donors (Lipinski definition) is 1. The lowest BCUT2D eigenvalue weighted by Crippen LogP contribution is -2.34. The summed E-state index contributed by atoms with van der Waals surface area (Å²) in [5.41, 5.74) is 5.54. The molecule has 1 aliphatic rings. The number of aromatic nitrogens is 2. The fraction of sp³-hybridized carbons (Fsp3) is 0.351. The molecule has 1 amide bonds. The molecule has 1 N–H and O–H groups in total. The lowest BCUT2D eigenvalue weighted by molar-refractivity contribution is -0.00783. The van der Waals surface area contributed by atoms with E-state index in [9.17, 15) is 9.90 Å². The highest BCUT2D eigenvalue weighted by Crippen LogP contribution is 2.38. The number of aliphatic hydroxyl groups excluding tert-OH is 1. The zero-order chi connectivity index (χ0) is 32.6. The molecule has 2 heterocycles. The Morgan fingerprint density at radius 2 is 1.80 bits per heavy atom. The van der Waals surface area contributed by atoms with Crippen LogP contribution in [-0.2, 0) is 13.0 Å². The number of hydrogen-bond acceptors (Lipinski definition) is 6. The molecule has 0 radical (unpaired) electrons. The van der Waals surface area contributed by atoms with Crippen molar-refractivity contribution in [3.8, 4) is 28.4 Å². The van der Waals surface area contributed by atoms with Gasteiger partial charge < -0.3 is 19.5 Å². The molecule has 1 unspecified atom stereocenters. The Labute approximate surface area is 276 Å². The molecule has 46 heavy (non-hydrogen) atoms. The zero-order valence-electron chi connectivity index (χ0n) is 26.9. The molecular weight excluding hydrogens is 600 g/mol. The SMILES string of the molecule is C=COc1cc(C(=O)N(CCCC)CCCC)nn1-c1ccc(-c2cc(Cl)ccc2OC)cc1C(O)N1CCc2ccccc2C1. The first kappa shape index (κ1) is 33.3. The maximum Gasteiger partial charge on any atom is 0.274 e. The van der Waals surface area contributed by atoms with Gasteiger partial charge in [-0.3, -0.25) is 9.69 Å². The van der Waals surface area contributed by atoms with Gasteiger partial charge in [0.2, 0.25) is 5.88 Å². The smallest absolute Gasteiger partial charge is 0.274 e. The number of amides is 1. The van der Waals surface area contributed by atoms with Crippen molar-refractivity contribution in [2.45, 2.75) is 58.7 Å². The Morgan fingerprint density at radius 1 is 1.07 bits per heavy atom. The van der Waals surface area contributed by atoms with E-state index >= 15 is 0 Å². The average Bonchev–Trinajstić information content (AvgIpc) is 3.51. The molecule has 3 aromatic carbocycles. The van der Waals surface area contributed by atoms with Crippen molar-refractivity contribution in [1.29, 1.82) is 0 Å². The molecule has 1 aliphatic heterocycles. The van der Waals surface area contributed by atoms with Crippen LogP contribution in [0.15, 0.2) is 79.6 Å². The second-order valence-electron chi connectivity index (χ2n) is 11.5. The fourth-order valence-corrected chi connectivity index (χ4v) is 6.11. The van der Waals surface area contributed by atoms with Crippen LogP contribution in [0.4, 0.5) is 0 Å². The third-order valence-corrected chi connectivity index (χ3v) is 8.70. The Morgan fingerprint density at radius 3 is 2.50 bits per heavy atom. The monoisotopic (exact) mass is 642 g/mol. The molecule has 1 aromatic heterocycles. The van der Waals surface area contributed by atoms with E-state index in [4.69, 9.17) is 26.2 Å². The summed E-state index contributed by atoms with van der Waals surface area (Å²) in [6.07, 6.45) is 4.95. The molecule has 0 saturated carbocycles. The van der Waals surface area contributed by atoms with E-state index in [1.54, 1.807) is 23.9 Å². The van der Waals surface area contributed by atoms with Gasteiger partial charge in [-0.05, 0) is 66.3 Å². The predicted octanol–water partition coefficient (Wildman–Crippen LogP) is 7.82. The van der Waals surface area contributed by atoms with Crippen LogP contribution in [0.3, 0.4) is 0 Å². The third kappa shape index (κ3) is 7.30. The molecule has 4 aromatic rings. The number of aliphatic hydroxyl groups is 1. The molecule has 5 rings (SSSR count). The van der Waals surface area contributed by atoms with Crippen molar-refractivity contribution in [2.24, 2.45) is 0 Å². The van der Waals surface area contributed by atoms with E-state index in [1.165, 1.54) is 17.4 Å². The summed E-state index contributed by atoms with van der Waals surface area (Å²) in [5.74, 6) is 0.839. The Hall–Kier alpha value is -4.11. The lowest BCUT2D eigenvalue weighted by Gasteiger charge is -2.33. The van der Waals surface area contributed by atoms with Crippen molar-refractivity contribution < 1.29 is 19.4 Å². The molecule has 242 valence electrons. The molecule has 0 aliphatic carbocycles. The molecule has 8 nitrogen and oxygen atoms in total. The van der Waals surface area contributed by atoms with Crippen LogP contribution in [0.2, 0.25) is 5.02 Å². The highest BCUT2D eigenvalue weighted by atomic mass is 35.5. The van der Waals surface area contributed by atoms with E-state index in [0.717, 1.165) is 43.2 Å². The van der Waals surface area contributed by atoms with Gasteiger partial charge in [0.05, 0.1) is 19.1 Å². The normalized spacial score (nSPS) is 13.6. The van der Waals surface area contributed by atoms with Crippen molar-refractivity contribution in [3.63, 3.8) is 0 Å². The maximum atomic E-state index is 13.8. The summed E-state index contributed by atoms with van der Waals surface area (Å²) in [6, 6.07) is 21.2. The highest BCUT2D eigenvalue weighted by Gasteiger charge is 2.28. The van der Waals surface area contributed by atoms with Gasteiger partial charge in [0.25, 0.3) is 5.91 Å². The number of rotatable bonds is 14. The molecule has 9 heteroatoms. The lowest BCUT2D eigenvalue weighted by atomic mass is 9.97. The van der Waals surface area contributed by atoms with Gasteiger partial charge in [0.15, 0.2) is 5.69 Å². The minimum atomic E-state index is -0.987. The molecule has 0 saturated heterocycles. The Bertz CT molecular complexity index is 1660. The van der Waals surface area contributed by atoms with Crippen LogP contribution in [-0.4, -0.2) is 57.3 Å². The van der Waals surface area contributed by atoms with Crippen LogP contribution in [0.5, 0.6) is 11.6 Å². The topological polar surface area (TPSA) is 80.1 Å². The summed E-state index contributed by atoms with van der Waals surface area (Å²) >= 11 is 6.41. The Balaban J connectivity index is 1.61. The average molecular weight is 643 g/mol. The number of benzene rings is 3. The minimum absolute atomic E-state index is 0.149. The first-order valence-corrected chi connectivity index (χ1v) is 16.4. The van der Waals surface area contributed by atoms with Crippen molar-refractivity contribution >= 4 is 17.5 Å². The van der Waals surface area contributed by atoms with Gasteiger partial charge in [-0.25, -0.2) is 0 Å². The van der Waals surface area contributed by atoms with Gasteiger partial charge in [0.1, 0.15) is 12.0 Å². The van der Waals surface area contributed by atoms with Gasteiger partial charge in [-0.15, -0.1) is 0 Å². The van der Waals surface area contributed by atoms with Crippen molar-refractivity contribution in [3.05, 3.63) is 107 Å². The number of unbranched alkanes of at least 4 members (excludes halogenated alkanes) is 2. The third-order valence-electron chi connectivity index (χ3n) is 8.46. The fourth-order valence-electron chi connectivity index (χ4n) is 5.94. The summed E-state index contributed by atoms with van der Waals surface area (Å²) in [4.78, 5) is 17.7. The van der Waals surface area contributed by atoms with E-state index in [-0.39, 0.29) is 11.6 Å². The molecule has 0 bridgehead atoms. The maximum absolute atomic E-state index is 13.8. The van der Waals surface area contributed by atoms with Gasteiger partial charge in [-0.2, -0.15) is 9.78 Å². The largest absolute Gasteiger partial charge is 0.496 e. The van der Waals surface area contributed by atoms with Gasteiger partial charge in [0, 0.05) is 48.4 Å². The van der Waals surface area contributed by atoms with Crippen LogP contribution in [0.1, 0.15) is 72.9 Å². The number of carbonyl (C=O) groups excluding carboxylic acids is 1. The number of carbonyl (C=O) groups is 1. The first-order valence-electron chi connectivity index (χ1n) is 16.0. The quantitative estimate of drug-likeness (QED) is 0.141. The second-order valence-corrected chi connectivity index (χ2v) is 12.0. The summed E-state index contributed by atoms with van der Waals surface area (Å²) in [7, 11) is 1.62. The van der Waals surface area contributed by atoms with Crippen molar-refractivity contribution in [2.75, 3.05) is 26.7 Å². The Kier molecular flexibility index (Phi) is 11.2. The van der Waals surface area contributed by atoms with Gasteiger partial charge in [-0.1, -0.05) is 75.2 Å². The van der Waals surface area contributed by atoms with Crippen molar-refractivity contribution in [1.82, 2.24) is 19.6 Å². The van der Waals surface area contributed by atoms with Crippen LogP contribution >= 0.6 is 11.6 Å². The molecule has 0 spiro atoms. The number of methoxy groups -OCH3 is 1. The van der Waals surface area contributed by atoms with Crippen LogP contribution < -0.4 is 9.47 Å². The zero-order valence-corrected chi connectivity index (χ0v) is 27.7. The van der Waals surface area contributed by atoms with E-state index in [1.807, 2.05) is 52.3 Å². The highest BCUT2D eigenvalue weighted by molar-refractivity contribution is 6.31. The molecule has 0 fully saturated rings. The van der Waals surface area contributed by atoms with Gasteiger partial charge >= 0.3 is 0 Å². The van der Waals surface area contributed by atoms with E-state index in [0.29, 0.717) is 54.1 Å². The molecule has 1 atom stereocenters. The molecular formula is C37H43ClN4O4. The first-order chi connectivity index (χ1) is 22.4. The number of ether oxygens (including phenoxy) is 2.